The largest absolute Gasteiger partial charge is 0.279 e. The fraction of sp³-hybridized carbons (Fsp3) is 0.211. The van der Waals surface area contributed by atoms with E-state index in [0.717, 1.165) is 18.2 Å². The lowest BCUT2D eigenvalue weighted by molar-refractivity contribution is 0.509. The Labute approximate surface area is 156 Å². The fourth-order valence-corrected chi connectivity index (χ4v) is 3.94. The van der Waals surface area contributed by atoms with Crippen LogP contribution in [-0.4, -0.2) is 18.2 Å². The molecule has 0 spiro atoms. The van der Waals surface area contributed by atoms with E-state index in [1.165, 1.54) is 10.9 Å². The van der Waals surface area contributed by atoms with Gasteiger partial charge in [-0.1, -0.05) is 39.0 Å². The van der Waals surface area contributed by atoms with Crippen molar-refractivity contribution in [3.63, 3.8) is 0 Å². The summed E-state index contributed by atoms with van der Waals surface area (Å²) in [6.45, 7) is 5.55. The Bertz CT molecular complexity index is 1070. The molecule has 8 heteroatoms. The van der Waals surface area contributed by atoms with Crippen molar-refractivity contribution in [2.24, 2.45) is 0 Å². The molecule has 0 atom stereocenters. The number of rotatable bonds is 4. The van der Waals surface area contributed by atoms with Gasteiger partial charge in [0, 0.05) is 11.5 Å². The number of hydrogen-bond donors (Lipinski definition) is 1. The lowest BCUT2D eigenvalue weighted by atomic mass is 9.92. The molecule has 2 aromatic carbocycles. The summed E-state index contributed by atoms with van der Waals surface area (Å²) in [6.07, 6.45) is 1.41. The molecule has 0 aliphatic heterocycles. The molecular formula is C19H19F2N3O2S. The van der Waals surface area contributed by atoms with Gasteiger partial charge < -0.3 is 0 Å². The zero-order valence-corrected chi connectivity index (χ0v) is 15.9. The van der Waals surface area contributed by atoms with E-state index < -0.39 is 27.1 Å². The van der Waals surface area contributed by atoms with E-state index in [-0.39, 0.29) is 10.6 Å². The van der Waals surface area contributed by atoms with Gasteiger partial charge in [0.2, 0.25) is 0 Å². The standard InChI is InChI=1S/C19H19F2N3O2S/c1-19(2,3)18-17(12-24(22-18)14-7-5-4-6-8-14)27(25,26)23-13-9-10-15(20)16(21)11-13/h4-12,23H,1-3H3. The van der Waals surface area contributed by atoms with Crippen molar-refractivity contribution < 1.29 is 17.2 Å². The van der Waals surface area contributed by atoms with Crippen LogP contribution in [0, 0.1) is 11.6 Å². The highest BCUT2D eigenvalue weighted by atomic mass is 32.2. The molecule has 0 fully saturated rings. The second-order valence-electron chi connectivity index (χ2n) is 7.11. The van der Waals surface area contributed by atoms with Gasteiger partial charge in [-0.25, -0.2) is 21.9 Å². The van der Waals surface area contributed by atoms with E-state index in [1.54, 1.807) is 12.1 Å². The van der Waals surface area contributed by atoms with Gasteiger partial charge in [0.25, 0.3) is 10.0 Å². The summed E-state index contributed by atoms with van der Waals surface area (Å²) in [5.41, 5.74) is 0.443. The number of hydrogen-bond acceptors (Lipinski definition) is 3. The zero-order chi connectivity index (χ0) is 19.8. The van der Waals surface area contributed by atoms with E-state index in [4.69, 9.17) is 0 Å². The van der Waals surface area contributed by atoms with Gasteiger partial charge in [0.1, 0.15) is 4.90 Å². The van der Waals surface area contributed by atoms with Crippen molar-refractivity contribution in [1.29, 1.82) is 0 Å². The molecule has 0 aliphatic carbocycles. The van der Waals surface area contributed by atoms with E-state index in [2.05, 4.69) is 9.82 Å². The Morgan fingerprint density at radius 1 is 1.00 bits per heavy atom. The molecule has 3 aromatic rings. The molecule has 0 bridgehead atoms. The molecule has 0 radical (unpaired) electrons. The van der Waals surface area contributed by atoms with Gasteiger partial charge >= 0.3 is 0 Å². The predicted octanol–water partition coefficient (Wildman–Crippen LogP) is 4.25. The van der Waals surface area contributed by atoms with Crippen LogP contribution in [0.25, 0.3) is 5.69 Å². The highest BCUT2D eigenvalue weighted by Gasteiger charge is 2.30. The summed E-state index contributed by atoms with van der Waals surface area (Å²) < 4.78 is 56.2. The van der Waals surface area contributed by atoms with E-state index in [0.29, 0.717) is 11.4 Å². The third-order valence-electron chi connectivity index (χ3n) is 3.87. The average molecular weight is 391 g/mol. The number of halogens is 2. The van der Waals surface area contributed by atoms with E-state index >= 15 is 0 Å². The van der Waals surface area contributed by atoms with Crippen molar-refractivity contribution in [3.8, 4) is 5.69 Å². The minimum Gasteiger partial charge on any atom is -0.279 e. The highest BCUT2D eigenvalue weighted by Crippen LogP contribution is 2.30. The lowest BCUT2D eigenvalue weighted by Crippen LogP contribution is -2.20. The van der Waals surface area contributed by atoms with Crippen molar-refractivity contribution in [2.45, 2.75) is 31.1 Å². The summed E-state index contributed by atoms with van der Waals surface area (Å²) >= 11 is 0. The van der Waals surface area contributed by atoms with Crippen LogP contribution in [0.15, 0.2) is 59.6 Å². The molecule has 3 rings (SSSR count). The molecule has 1 aromatic heterocycles. The first-order valence-electron chi connectivity index (χ1n) is 8.21. The summed E-state index contributed by atoms with van der Waals surface area (Å²) in [5, 5.41) is 4.45. The topological polar surface area (TPSA) is 64.0 Å². The van der Waals surface area contributed by atoms with E-state index in [9.17, 15) is 17.2 Å². The smallest absolute Gasteiger partial charge is 0.265 e. The van der Waals surface area contributed by atoms with E-state index in [1.807, 2.05) is 39.0 Å². The second-order valence-corrected chi connectivity index (χ2v) is 8.76. The first kappa shape index (κ1) is 19.0. The third kappa shape index (κ3) is 4.00. The Morgan fingerprint density at radius 2 is 1.67 bits per heavy atom. The molecule has 0 saturated carbocycles. The van der Waals surface area contributed by atoms with Crippen LogP contribution in [0.2, 0.25) is 0 Å². The van der Waals surface area contributed by atoms with Crippen LogP contribution in [0.5, 0.6) is 0 Å². The average Bonchev–Trinajstić information content (AvgIpc) is 3.06. The van der Waals surface area contributed by atoms with Gasteiger partial charge in [0.15, 0.2) is 11.6 Å². The molecule has 0 aliphatic rings. The lowest BCUT2D eigenvalue weighted by Gasteiger charge is -2.17. The SMILES string of the molecule is CC(C)(C)c1nn(-c2ccccc2)cc1S(=O)(=O)Nc1ccc(F)c(F)c1. The summed E-state index contributed by atoms with van der Waals surface area (Å²) in [5.74, 6) is -2.18. The minimum absolute atomic E-state index is 0.0245. The summed E-state index contributed by atoms with van der Waals surface area (Å²) in [4.78, 5) is -0.0245. The molecule has 142 valence electrons. The van der Waals surface area contributed by atoms with Crippen LogP contribution in [0.4, 0.5) is 14.5 Å². The quantitative estimate of drug-likeness (QED) is 0.723. The van der Waals surface area contributed by atoms with Crippen LogP contribution in [0.3, 0.4) is 0 Å². The fourth-order valence-electron chi connectivity index (χ4n) is 2.56. The Kier molecular flexibility index (Phi) is 4.77. The van der Waals surface area contributed by atoms with Crippen LogP contribution in [-0.2, 0) is 15.4 Å². The minimum atomic E-state index is -4.07. The number of para-hydroxylation sites is 1. The predicted molar refractivity (Wildman–Crippen MR) is 99.4 cm³/mol. The van der Waals surface area contributed by atoms with Gasteiger partial charge in [-0.15, -0.1) is 0 Å². The number of nitrogens with zero attached hydrogens (tertiary/aromatic N) is 2. The maximum Gasteiger partial charge on any atom is 0.265 e. The number of aromatic nitrogens is 2. The van der Waals surface area contributed by atoms with Crippen LogP contribution < -0.4 is 4.72 Å². The van der Waals surface area contributed by atoms with Gasteiger partial charge in [-0.3, -0.25) is 4.72 Å². The monoisotopic (exact) mass is 391 g/mol. The Hall–Kier alpha value is -2.74. The highest BCUT2D eigenvalue weighted by molar-refractivity contribution is 7.92. The van der Waals surface area contributed by atoms with Gasteiger partial charge in [0.05, 0.1) is 23.3 Å². The first-order chi connectivity index (χ1) is 12.6. The number of sulfonamides is 1. The number of benzene rings is 2. The van der Waals surface area contributed by atoms with Crippen LogP contribution in [0.1, 0.15) is 26.5 Å². The molecular weight excluding hydrogens is 372 g/mol. The molecule has 0 unspecified atom stereocenters. The normalized spacial score (nSPS) is 12.2. The molecule has 27 heavy (non-hydrogen) atoms. The third-order valence-corrected chi connectivity index (χ3v) is 5.26. The Morgan fingerprint density at radius 3 is 2.26 bits per heavy atom. The summed E-state index contributed by atoms with van der Waals surface area (Å²) in [6, 6.07) is 11.9. The molecule has 5 nitrogen and oxygen atoms in total. The van der Waals surface area contributed by atoms with Gasteiger partial charge in [-0.2, -0.15) is 5.10 Å². The maximum atomic E-state index is 13.4. The number of nitrogens with one attached hydrogen (secondary N) is 1. The van der Waals surface area contributed by atoms with Crippen molar-refractivity contribution in [1.82, 2.24) is 9.78 Å². The molecule has 0 amide bonds. The molecule has 1 heterocycles. The van der Waals surface area contributed by atoms with Crippen LogP contribution >= 0.6 is 0 Å². The first-order valence-corrected chi connectivity index (χ1v) is 9.70. The summed E-state index contributed by atoms with van der Waals surface area (Å²) in [7, 11) is -4.07. The maximum absolute atomic E-state index is 13.4. The number of anilines is 1. The second kappa shape index (κ2) is 6.77. The van der Waals surface area contributed by atoms with Crippen molar-refractivity contribution in [3.05, 3.63) is 72.1 Å². The molecule has 1 N–H and O–H groups in total. The zero-order valence-electron chi connectivity index (χ0n) is 15.1. The Balaban J connectivity index is 2.08. The molecule has 0 saturated heterocycles. The van der Waals surface area contributed by atoms with Crippen molar-refractivity contribution in [2.75, 3.05) is 4.72 Å². The van der Waals surface area contributed by atoms with Gasteiger partial charge in [-0.05, 0) is 24.3 Å². The van der Waals surface area contributed by atoms with Crippen molar-refractivity contribution >= 4 is 15.7 Å².